The predicted octanol–water partition coefficient (Wildman–Crippen LogP) is 4.48. The van der Waals surface area contributed by atoms with E-state index in [4.69, 9.17) is 14.2 Å². The number of Topliss-reactive ketones (excluding diaryl/α,β-unsaturated/α-hetero) is 1. The third-order valence-corrected chi connectivity index (χ3v) is 7.34. The van der Waals surface area contributed by atoms with Gasteiger partial charge in [0, 0.05) is 48.6 Å². The molecule has 8 heteroatoms. The minimum Gasteiger partial charge on any atom is -0.496 e. The Balaban J connectivity index is 1.91. The van der Waals surface area contributed by atoms with Gasteiger partial charge in [-0.15, -0.1) is 0 Å². The summed E-state index contributed by atoms with van der Waals surface area (Å²) in [7, 11) is 5.46. The Morgan fingerprint density at radius 2 is 1.67 bits per heavy atom. The monoisotopic (exact) mass is 532 g/mol. The maximum Gasteiger partial charge on any atom is 0.336 e. The Labute approximate surface area is 229 Å². The molecule has 0 unspecified atom stereocenters. The third kappa shape index (κ3) is 5.28. The standard InChI is InChI=1S/C31H36N2O6/c1-7-38-30(35)25-18(3)32-23-17-22(21-11-9-10-12-24(21)37-6)27(31(36)39-8-2)29(34)28(23)26(25)19-13-15-20(16-14-19)33(4)5/h9-16,22,26-27,32H,7-8,17H2,1-6H3/t22-,26-,27+/m1/s1. The molecular formula is C31H36N2O6. The highest BCUT2D eigenvalue weighted by Gasteiger charge is 2.49. The van der Waals surface area contributed by atoms with Gasteiger partial charge in [-0.3, -0.25) is 9.59 Å². The Bertz CT molecular complexity index is 1320. The van der Waals surface area contributed by atoms with Crippen molar-refractivity contribution in [2.45, 2.75) is 39.0 Å². The van der Waals surface area contributed by atoms with Crippen LogP contribution >= 0.6 is 0 Å². The number of rotatable bonds is 8. The summed E-state index contributed by atoms with van der Waals surface area (Å²) >= 11 is 0. The highest BCUT2D eigenvalue weighted by molar-refractivity contribution is 6.13. The minimum atomic E-state index is -1.09. The smallest absolute Gasteiger partial charge is 0.336 e. The Hall–Kier alpha value is -4.07. The molecule has 0 saturated heterocycles. The number of hydrogen-bond donors (Lipinski definition) is 1. The van der Waals surface area contributed by atoms with Crippen LogP contribution in [0.15, 0.2) is 71.1 Å². The van der Waals surface area contributed by atoms with Crippen LogP contribution in [0.3, 0.4) is 0 Å². The molecule has 39 heavy (non-hydrogen) atoms. The molecule has 0 saturated carbocycles. The van der Waals surface area contributed by atoms with Crippen LogP contribution in [0.2, 0.25) is 0 Å². The molecule has 2 aliphatic rings. The number of anilines is 1. The van der Waals surface area contributed by atoms with Gasteiger partial charge in [-0.05, 0) is 56.5 Å². The molecule has 3 atom stereocenters. The highest BCUT2D eigenvalue weighted by Crippen LogP contribution is 2.49. The number of ether oxygens (including phenoxy) is 3. The lowest BCUT2D eigenvalue weighted by Crippen LogP contribution is -2.43. The number of allylic oxidation sites excluding steroid dienone is 3. The molecule has 0 aromatic heterocycles. The zero-order valence-electron chi connectivity index (χ0n) is 23.4. The average molecular weight is 533 g/mol. The van der Waals surface area contributed by atoms with Crippen molar-refractivity contribution in [3.63, 3.8) is 0 Å². The molecular weight excluding hydrogens is 496 g/mol. The van der Waals surface area contributed by atoms with E-state index in [1.165, 1.54) is 0 Å². The predicted molar refractivity (Wildman–Crippen MR) is 148 cm³/mol. The van der Waals surface area contributed by atoms with Crippen molar-refractivity contribution in [3.8, 4) is 5.75 Å². The summed E-state index contributed by atoms with van der Waals surface area (Å²) in [6.07, 6.45) is 0.366. The van der Waals surface area contributed by atoms with Crippen molar-refractivity contribution in [3.05, 3.63) is 82.2 Å². The van der Waals surface area contributed by atoms with E-state index < -0.39 is 29.7 Å². The Morgan fingerprint density at radius 1 is 1.00 bits per heavy atom. The van der Waals surface area contributed by atoms with Gasteiger partial charge in [-0.1, -0.05) is 30.3 Å². The van der Waals surface area contributed by atoms with E-state index in [0.29, 0.717) is 34.7 Å². The van der Waals surface area contributed by atoms with E-state index in [9.17, 15) is 14.4 Å². The topological polar surface area (TPSA) is 94.2 Å². The molecule has 0 radical (unpaired) electrons. The lowest BCUT2D eigenvalue weighted by atomic mass is 9.67. The number of carbonyl (C=O) groups is 3. The number of carbonyl (C=O) groups excluding carboxylic acids is 3. The summed E-state index contributed by atoms with van der Waals surface area (Å²) in [6.45, 7) is 5.63. The average Bonchev–Trinajstić information content (AvgIpc) is 2.92. The van der Waals surface area contributed by atoms with E-state index in [1.807, 2.05) is 74.4 Å². The fourth-order valence-corrected chi connectivity index (χ4v) is 5.58. The van der Waals surface area contributed by atoms with E-state index in [0.717, 1.165) is 16.8 Å². The molecule has 0 bridgehead atoms. The zero-order valence-corrected chi connectivity index (χ0v) is 23.4. The lowest BCUT2D eigenvalue weighted by molar-refractivity contribution is -0.152. The molecule has 0 amide bonds. The fourth-order valence-electron chi connectivity index (χ4n) is 5.58. The van der Waals surface area contributed by atoms with Crippen LogP contribution in [0.4, 0.5) is 5.69 Å². The molecule has 206 valence electrons. The van der Waals surface area contributed by atoms with Gasteiger partial charge in [-0.2, -0.15) is 0 Å². The summed E-state index contributed by atoms with van der Waals surface area (Å²) in [5, 5.41) is 3.33. The summed E-state index contributed by atoms with van der Waals surface area (Å²) < 4.78 is 16.4. The number of hydrogen-bond acceptors (Lipinski definition) is 8. The molecule has 1 aliphatic heterocycles. The van der Waals surface area contributed by atoms with Crippen LogP contribution in [0.25, 0.3) is 0 Å². The minimum absolute atomic E-state index is 0.147. The fraction of sp³-hybridized carbons (Fsp3) is 0.387. The van der Waals surface area contributed by atoms with Gasteiger partial charge < -0.3 is 24.4 Å². The molecule has 4 rings (SSSR count). The third-order valence-electron chi connectivity index (χ3n) is 7.34. The van der Waals surface area contributed by atoms with Gasteiger partial charge in [0.15, 0.2) is 5.78 Å². The summed E-state index contributed by atoms with van der Waals surface area (Å²) in [5.41, 5.74) is 4.56. The first kappa shape index (κ1) is 28.0. The highest BCUT2D eigenvalue weighted by atomic mass is 16.5. The largest absolute Gasteiger partial charge is 0.496 e. The van der Waals surface area contributed by atoms with Gasteiger partial charge in [0.2, 0.25) is 0 Å². The SMILES string of the molecule is CCOC(=O)C1=C(C)NC2=C(C(=O)[C@@H](C(=O)OCC)[C@@H](c3ccccc3OC)C2)[C@@H]1c1ccc(N(C)C)cc1. The summed E-state index contributed by atoms with van der Waals surface area (Å²) in [4.78, 5) is 43.0. The number of ketones is 1. The van der Waals surface area contributed by atoms with Crippen LogP contribution in [0.5, 0.6) is 5.75 Å². The van der Waals surface area contributed by atoms with Gasteiger partial charge in [0.1, 0.15) is 11.7 Å². The second-order valence-corrected chi connectivity index (χ2v) is 9.84. The molecule has 1 heterocycles. The first-order valence-corrected chi connectivity index (χ1v) is 13.2. The van der Waals surface area contributed by atoms with Crippen LogP contribution in [-0.2, 0) is 23.9 Å². The maximum absolute atomic E-state index is 14.4. The number of esters is 2. The van der Waals surface area contributed by atoms with Crippen LogP contribution < -0.4 is 15.0 Å². The number of para-hydroxylation sites is 1. The second-order valence-electron chi connectivity index (χ2n) is 9.84. The van der Waals surface area contributed by atoms with Crippen molar-refractivity contribution in [1.82, 2.24) is 5.32 Å². The molecule has 0 spiro atoms. The quantitative estimate of drug-likeness (QED) is 0.393. The van der Waals surface area contributed by atoms with Gasteiger partial charge in [0.05, 0.1) is 25.9 Å². The Morgan fingerprint density at radius 3 is 2.28 bits per heavy atom. The lowest BCUT2D eigenvalue weighted by Gasteiger charge is -2.39. The first-order chi connectivity index (χ1) is 18.7. The summed E-state index contributed by atoms with van der Waals surface area (Å²) in [6, 6.07) is 15.1. The number of methoxy groups -OCH3 is 1. The van der Waals surface area contributed by atoms with Crippen LogP contribution in [0.1, 0.15) is 50.2 Å². The maximum atomic E-state index is 14.4. The van der Waals surface area contributed by atoms with E-state index >= 15 is 0 Å². The van der Waals surface area contributed by atoms with Gasteiger partial charge in [0.25, 0.3) is 0 Å². The number of benzene rings is 2. The molecule has 1 N–H and O–H groups in total. The Kier molecular flexibility index (Phi) is 8.43. The summed E-state index contributed by atoms with van der Waals surface area (Å²) in [5.74, 6) is -3.15. The normalized spacial score (nSPS) is 20.7. The van der Waals surface area contributed by atoms with Crippen molar-refractivity contribution < 1.29 is 28.6 Å². The molecule has 0 fully saturated rings. The molecule has 8 nitrogen and oxygen atoms in total. The molecule has 1 aliphatic carbocycles. The zero-order chi connectivity index (χ0) is 28.3. The van der Waals surface area contributed by atoms with Gasteiger partial charge in [-0.25, -0.2) is 4.79 Å². The van der Waals surface area contributed by atoms with E-state index in [2.05, 4.69) is 5.32 Å². The molecule has 2 aromatic carbocycles. The van der Waals surface area contributed by atoms with Crippen molar-refractivity contribution in [1.29, 1.82) is 0 Å². The molecule has 2 aromatic rings. The number of dihydropyridines is 1. The van der Waals surface area contributed by atoms with Crippen molar-refractivity contribution in [2.24, 2.45) is 5.92 Å². The number of nitrogens with zero attached hydrogens (tertiary/aromatic N) is 1. The van der Waals surface area contributed by atoms with Crippen molar-refractivity contribution in [2.75, 3.05) is 39.3 Å². The van der Waals surface area contributed by atoms with E-state index in [-0.39, 0.29) is 19.0 Å². The number of nitrogens with one attached hydrogen (secondary N) is 1. The second kappa shape index (κ2) is 11.8. The van der Waals surface area contributed by atoms with Crippen LogP contribution in [0, 0.1) is 5.92 Å². The van der Waals surface area contributed by atoms with Crippen LogP contribution in [-0.4, -0.2) is 52.1 Å². The first-order valence-electron chi connectivity index (χ1n) is 13.2. The van der Waals surface area contributed by atoms with Crippen molar-refractivity contribution >= 4 is 23.4 Å². The van der Waals surface area contributed by atoms with E-state index in [1.54, 1.807) is 21.0 Å². The van der Waals surface area contributed by atoms with Gasteiger partial charge >= 0.3 is 11.9 Å².